The fourth-order valence-electron chi connectivity index (χ4n) is 2.74. The van der Waals surface area contributed by atoms with Gasteiger partial charge in [-0.15, -0.1) is 0 Å². The van der Waals surface area contributed by atoms with Crippen LogP contribution in [0.15, 0.2) is 54.7 Å². The van der Waals surface area contributed by atoms with E-state index in [1.54, 1.807) is 4.57 Å². The van der Waals surface area contributed by atoms with Gasteiger partial charge in [-0.2, -0.15) is 0 Å². The summed E-state index contributed by atoms with van der Waals surface area (Å²) in [6.07, 6.45) is 4.86. The van der Waals surface area contributed by atoms with E-state index in [9.17, 15) is 0 Å². The van der Waals surface area contributed by atoms with Gasteiger partial charge < -0.3 is 15.2 Å². The molecule has 0 aliphatic carbocycles. The Balaban J connectivity index is 1.40. The Morgan fingerprint density at radius 1 is 0.962 bits per heavy atom. The zero-order chi connectivity index (χ0) is 18.4. The number of hydrogen-bond acceptors (Lipinski definition) is 3. The quantitative estimate of drug-likeness (QED) is 0.435. The minimum atomic E-state index is 0.331. The van der Waals surface area contributed by atoms with Crippen molar-refractivity contribution in [2.75, 3.05) is 13.2 Å². The molecule has 3 aromatic rings. The highest BCUT2D eigenvalue weighted by Crippen LogP contribution is 2.26. The minimum absolute atomic E-state index is 0.331. The summed E-state index contributed by atoms with van der Waals surface area (Å²) in [5.41, 5.74) is 6.69. The van der Waals surface area contributed by atoms with E-state index >= 15 is 0 Å². The number of nitrogens with zero attached hydrogens (tertiary/aromatic N) is 1. The summed E-state index contributed by atoms with van der Waals surface area (Å²) in [5, 5.41) is 2.07. The molecule has 136 valence electrons. The summed E-state index contributed by atoms with van der Waals surface area (Å²) in [7, 11) is 0. The van der Waals surface area contributed by atoms with E-state index in [1.165, 1.54) is 0 Å². The number of nitrogens with two attached hydrogens (primary N) is 1. The first-order chi connectivity index (χ1) is 12.6. The van der Waals surface area contributed by atoms with Crippen molar-refractivity contribution in [2.45, 2.75) is 19.3 Å². The molecular formula is C20H21ClN2O2S. The van der Waals surface area contributed by atoms with Crippen molar-refractivity contribution < 1.29 is 9.47 Å². The number of ether oxygens (including phenoxy) is 2. The smallest absolute Gasteiger partial charge is 0.175 e. The van der Waals surface area contributed by atoms with Crippen molar-refractivity contribution in [1.82, 2.24) is 4.57 Å². The molecule has 0 amide bonds. The molecule has 0 bridgehead atoms. The Bertz CT molecular complexity index is 877. The van der Waals surface area contributed by atoms with E-state index in [4.69, 9.17) is 39.0 Å². The number of benzene rings is 2. The third-order valence-electron chi connectivity index (χ3n) is 4.06. The highest BCUT2D eigenvalue weighted by atomic mass is 35.5. The standard InChI is InChI=1S/C20H21ClN2O2S/c21-15-7-9-16(10-8-15)24-13-2-1-3-14-25-19-6-4-5-18-17(19)11-12-23(18)20(22)26/h4-12H,1-3,13-14H2,(H2,22,26). The lowest BCUT2D eigenvalue weighted by Gasteiger charge is -2.09. The lowest BCUT2D eigenvalue weighted by Crippen LogP contribution is -2.17. The molecule has 0 fully saturated rings. The number of fused-ring (bicyclic) bond motifs is 1. The van der Waals surface area contributed by atoms with Gasteiger partial charge in [0, 0.05) is 16.6 Å². The van der Waals surface area contributed by atoms with E-state index in [-0.39, 0.29) is 0 Å². The Labute approximate surface area is 163 Å². The van der Waals surface area contributed by atoms with E-state index in [0.29, 0.717) is 23.3 Å². The molecule has 0 radical (unpaired) electrons. The predicted molar refractivity (Wildman–Crippen MR) is 110 cm³/mol. The molecule has 6 heteroatoms. The highest BCUT2D eigenvalue weighted by Gasteiger charge is 2.07. The first kappa shape index (κ1) is 18.5. The van der Waals surface area contributed by atoms with Crippen LogP contribution in [0.5, 0.6) is 11.5 Å². The zero-order valence-corrected chi connectivity index (χ0v) is 15.9. The Morgan fingerprint density at radius 3 is 2.42 bits per heavy atom. The number of unbranched alkanes of at least 4 members (excludes halogenated alkanes) is 2. The van der Waals surface area contributed by atoms with Crippen LogP contribution < -0.4 is 15.2 Å². The van der Waals surface area contributed by atoms with Crippen LogP contribution in [0.1, 0.15) is 19.3 Å². The van der Waals surface area contributed by atoms with Gasteiger partial charge in [-0.25, -0.2) is 0 Å². The molecule has 1 heterocycles. The lowest BCUT2D eigenvalue weighted by atomic mass is 10.2. The van der Waals surface area contributed by atoms with Gasteiger partial charge in [0.1, 0.15) is 11.5 Å². The summed E-state index contributed by atoms with van der Waals surface area (Å²) in [5.74, 6) is 1.70. The first-order valence-electron chi connectivity index (χ1n) is 8.56. The largest absolute Gasteiger partial charge is 0.494 e. The maximum absolute atomic E-state index is 5.94. The fourth-order valence-corrected chi connectivity index (χ4v) is 3.03. The summed E-state index contributed by atoms with van der Waals surface area (Å²) in [6.45, 7) is 1.35. The van der Waals surface area contributed by atoms with Crippen molar-refractivity contribution in [3.63, 3.8) is 0 Å². The average molecular weight is 389 g/mol. The Hall–Kier alpha value is -2.24. The van der Waals surface area contributed by atoms with Gasteiger partial charge >= 0.3 is 0 Å². The van der Waals surface area contributed by atoms with Crippen LogP contribution in [0.3, 0.4) is 0 Å². The molecule has 4 nitrogen and oxygen atoms in total. The number of aromatic nitrogens is 1. The molecular weight excluding hydrogens is 368 g/mol. The molecule has 2 aromatic carbocycles. The maximum Gasteiger partial charge on any atom is 0.175 e. The van der Waals surface area contributed by atoms with Gasteiger partial charge in [0.2, 0.25) is 0 Å². The van der Waals surface area contributed by atoms with Gasteiger partial charge in [0.05, 0.1) is 18.7 Å². The van der Waals surface area contributed by atoms with Crippen LogP contribution in [0.4, 0.5) is 0 Å². The monoisotopic (exact) mass is 388 g/mol. The van der Waals surface area contributed by atoms with Crippen molar-refractivity contribution in [2.24, 2.45) is 5.73 Å². The van der Waals surface area contributed by atoms with Crippen molar-refractivity contribution >= 4 is 39.8 Å². The summed E-state index contributed by atoms with van der Waals surface area (Å²) in [4.78, 5) is 0. The molecule has 0 aliphatic rings. The van der Waals surface area contributed by atoms with Gasteiger partial charge in [0.15, 0.2) is 5.11 Å². The Kier molecular flexibility index (Phi) is 6.36. The summed E-state index contributed by atoms with van der Waals surface area (Å²) < 4.78 is 13.4. The molecule has 0 unspecified atom stereocenters. The predicted octanol–water partition coefficient (Wildman–Crippen LogP) is 5.01. The second kappa shape index (κ2) is 8.92. The first-order valence-corrected chi connectivity index (χ1v) is 9.35. The van der Waals surface area contributed by atoms with Gasteiger partial charge in [-0.1, -0.05) is 17.7 Å². The second-order valence-corrected chi connectivity index (χ2v) is 6.78. The average Bonchev–Trinajstić information content (AvgIpc) is 3.07. The molecule has 26 heavy (non-hydrogen) atoms. The summed E-state index contributed by atoms with van der Waals surface area (Å²) in [6, 6.07) is 15.3. The Morgan fingerprint density at radius 2 is 1.69 bits per heavy atom. The number of thiocarbonyl (C=S) groups is 1. The second-order valence-electron chi connectivity index (χ2n) is 5.92. The fraction of sp³-hybridized carbons (Fsp3) is 0.250. The van der Waals surface area contributed by atoms with Crippen molar-refractivity contribution in [1.29, 1.82) is 0 Å². The van der Waals surface area contributed by atoms with Crippen LogP contribution in [0.2, 0.25) is 5.02 Å². The summed E-state index contributed by atoms with van der Waals surface area (Å²) >= 11 is 10.9. The van der Waals surface area contributed by atoms with Crippen LogP contribution in [-0.2, 0) is 0 Å². The molecule has 0 saturated carbocycles. The number of hydrogen-bond donors (Lipinski definition) is 1. The molecule has 2 N–H and O–H groups in total. The van der Waals surface area contributed by atoms with Crippen LogP contribution in [0, 0.1) is 0 Å². The van der Waals surface area contributed by atoms with Gasteiger partial charge in [-0.05, 0) is 73.9 Å². The molecule has 0 aliphatic heterocycles. The molecule has 0 atom stereocenters. The maximum atomic E-state index is 5.94. The SMILES string of the molecule is NC(=S)n1ccc2c(OCCCCCOc3ccc(Cl)cc3)cccc21. The molecule has 0 saturated heterocycles. The van der Waals surface area contributed by atoms with E-state index < -0.39 is 0 Å². The van der Waals surface area contributed by atoms with E-state index in [0.717, 1.165) is 41.7 Å². The normalized spacial score (nSPS) is 10.8. The molecule has 0 spiro atoms. The van der Waals surface area contributed by atoms with Crippen molar-refractivity contribution in [3.8, 4) is 11.5 Å². The van der Waals surface area contributed by atoms with Crippen molar-refractivity contribution in [3.05, 3.63) is 59.8 Å². The van der Waals surface area contributed by atoms with Gasteiger partial charge in [-0.3, -0.25) is 4.57 Å². The van der Waals surface area contributed by atoms with Crippen LogP contribution in [0.25, 0.3) is 10.9 Å². The third kappa shape index (κ3) is 4.68. The van der Waals surface area contributed by atoms with E-state index in [2.05, 4.69) is 0 Å². The number of rotatable bonds is 8. The third-order valence-corrected chi connectivity index (χ3v) is 4.51. The molecule has 3 rings (SSSR count). The van der Waals surface area contributed by atoms with Crippen LogP contribution in [-0.4, -0.2) is 22.9 Å². The van der Waals surface area contributed by atoms with Gasteiger partial charge in [0.25, 0.3) is 0 Å². The lowest BCUT2D eigenvalue weighted by molar-refractivity contribution is 0.281. The molecule has 1 aromatic heterocycles. The minimum Gasteiger partial charge on any atom is -0.494 e. The van der Waals surface area contributed by atoms with E-state index in [1.807, 2.05) is 54.7 Å². The number of halogens is 1. The highest BCUT2D eigenvalue weighted by molar-refractivity contribution is 7.80. The topological polar surface area (TPSA) is 49.4 Å². The zero-order valence-electron chi connectivity index (χ0n) is 14.4. The van der Waals surface area contributed by atoms with Crippen LogP contribution >= 0.6 is 23.8 Å².